The summed E-state index contributed by atoms with van der Waals surface area (Å²) in [6.45, 7) is 6.46. The van der Waals surface area contributed by atoms with E-state index in [4.69, 9.17) is 15.2 Å². The molecular weight excluding hydrogens is 442 g/mol. The van der Waals surface area contributed by atoms with Crippen LogP contribution in [0.25, 0.3) is 0 Å². The van der Waals surface area contributed by atoms with Gasteiger partial charge in [0, 0.05) is 19.1 Å². The number of hydrogen-bond donors (Lipinski definition) is 2. The number of rotatable bonds is 5. The number of nitrogen functional groups attached to an aromatic ring is 1. The minimum Gasteiger partial charge on any atom is -0.496 e. The Kier molecular flexibility index (Phi) is 6.87. The number of carbonyl (C=O) groups is 2. The molecule has 3 rings (SSSR count). The summed E-state index contributed by atoms with van der Waals surface area (Å²) >= 11 is 0.958. The molecule has 3 N–H and O–H groups in total. The summed E-state index contributed by atoms with van der Waals surface area (Å²) in [4.78, 5) is 30.9. The molecule has 2 aromatic rings. The van der Waals surface area contributed by atoms with E-state index in [0.29, 0.717) is 31.1 Å². The van der Waals surface area contributed by atoms with Gasteiger partial charge in [-0.2, -0.15) is 0 Å². The number of nitrogens with one attached hydrogen (secondary N) is 1. The molecule has 0 spiro atoms. The average Bonchev–Trinajstić information content (AvgIpc) is 3.08. The number of methoxy groups -OCH3 is 1. The average molecular weight is 469 g/mol. The SMILES string of the molecule is COc1ccc(F)c(F)c1C(=O)c1sc(NC2CCN(C(=O)OC(C)(C)C)CC2)nc1N. The standard InChI is InChI=1S/C21H26F2N4O4S/c1-21(2,3)31-20(29)27-9-7-11(8-10-27)25-19-26-18(24)17(32-19)16(28)14-13(30-4)6-5-12(22)15(14)23/h5-6,11H,7-10,24H2,1-4H3,(H,25,26). The molecule has 1 saturated heterocycles. The van der Waals surface area contributed by atoms with E-state index in [-0.39, 0.29) is 28.6 Å². The van der Waals surface area contributed by atoms with Crippen LogP contribution in [0.4, 0.5) is 24.5 Å². The number of halogens is 2. The molecular formula is C21H26F2N4O4S. The monoisotopic (exact) mass is 468 g/mol. The molecule has 0 bridgehead atoms. The van der Waals surface area contributed by atoms with E-state index in [9.17, 15) is 18.4 Å². The van der Waals surface area contributed by atoms with Gasteiger partial charge in [-0.3, -0.25) is 4.79 Å². The van der Waals surface area contributed by atoms with Gasteiger partial charge in [0.05, 0.1) is 7.11 Å². The molecule has 174 valence electrons. The highest BCUT2D eigenvalue weighted by molar-refractivity contribution is 7.18. The molecule has 0 aliphatic carbocycles. The van der Waals surface area contributed by atoms with Gasteiger partial charge in [0.2, 0.25) is 5.78 Å². The fourth-order valence-corrected chi connectivity index (χ4v) is 4.20. The van der Waals surface area contributed by atoms with Crippen LogP contribution in [-0.2, 0) is 4.74 Å². The van der Waals surface area contributed by atoms with Crippen LogP contribution in [0.3, 0.4) is 0 Å². The zero-order valence-corrected chi connectivity index (χ0v) is 19.1. The number of nitrogens with two attached hydrogens (primary N) is 1. The summed E-state index contributed by atoms with van der Waals surface area (Å²) in [5.41, 5.74) is 4.81. The van der Waals surface area contributed by atoms with Crippen molar-refractivity contribution in [2.75, 3.05) is 31.2 Å². The van der Waals surface area contributed by atoms with E-state index in [0.717, 1.165) is 17.4 Å². The van der Waals surface area contributed by atoms with Gasteiger partial charge in [0.15, 0.2) is 16.8 Å². The van der Waals surface area contributed by atoms with E-state index in [1.165, 1.54) is 13.2 Å². The first kappa shape index (κ1) is 23.7. The molecule has 1 amide bonds. The van der Waals surface area contributed by atoms with Crippen molar-refractivity contribution in [2.24, 2.45) is 0 Å². The molecule has 1 aliphatic heterocycles. The van der Waals surface area contributed by atoms with Crippen LogP contribution in [-0.4, -0.2) is 53.6 Å². The van der Waals surface area contributed by atoms with Crippen molar-refractivity contribution < 1.29 is 27.8 Å². The van der Waals surface area contributed by atoms with Crippen molar-refractivity contribution in [2.45, 2.75) is 45.3 Å². The number of hydrogen-bond acceptors (Lipinski definition) is 8. The van der Waals surface area contributed by atoms with Crippen LogP contribution in [0.15, 0.2) is 12.1 Å². The number of carbonyl (C=O) groups excluding carboxylic acids is 2. The van der Waals surface area contributed by atoms with Gasteiger partial charge in [-0.1, -0.05) is 11.3 Å². The van der Waals surface area contributed by atoms with Gasteiger partial charge in [0.25, 0.3) is 0 Å². The summed E-state index contributed by atoms with van der Waals surface area (Å²) in [5, 5.41) is 3.59. The quantitative estimate of drug-likeness (QED) is 0.638. The highest BCUT2D eigenvalue weighted by Crippen LogP contribution is 2.33. The Hall–Kier alpha value is -2.95. The number of benzene rings is 1. The zero-order valence-electron chi connectivity index (χ0n) is 18.3. The van der Waals surface area contributed by atoms with Crippen molar-refractivity contribution >= 4 is 34.2 Å². The Labute approximate surface area is 188 Å². The number of nitrogens with zero attached hydrogens (tertiary/aromatic N) is 2. The Morgan fingerprint density at radius 2 is 1.91 bits per heavy atom. The zero-order chi connectivity index (χ0) is 23.6. The maximum absolute atomic E-state index is 14.3. The van der Waals surface area contributed by atoms with E-state index >= 15 is 0 Å². The molecule has 0 unspecified atom stereocenters. The summed E-state index contributed by atoms with van der Waals surface area (Å²) in [6, 6.07) is 2.07. The highest BCUT2D eigenvalue weighted by Gasteiger charge is 2.29. The molecule has 8 nitrogen and oxygen atoms in total. The van der Waals surface area contributed by atoms with Crippen LogP contribution in [0, 0.1) is 11.6 Å². The lowest BCUT2D eigenvalue weighted by molar-refractivity contribution is 0.0210. The van der Waals surface area contributed by atoms with E-state index in [1.54, 1.807) is 4.90 Å². The molecule has 1 aromatic heterocycles. The number of likely N-dealkylation sites (tertiary alicyclic amines) is 1. The first-order valence-electron chi connectivity index (χ1n) is 10.1. The van der Waals surface area contributed by atoms with Crippen LogP contribution < -0.4 is 15.8 Å². The van der Waals surface area contributed by atoms with E-state index < -0.39 is 28.6 Å². The van der Waals surface area contributed by atoms with Crippen molar-refractivity contribution in [1.29, 1.82) is 0 Å². The van der Waals surface area contributed by atoms with E-state index in [2.05, 4.69) is 10.3 Å². The number of ether oxygens (including phenoxy) is 2. The minimum atomic E-state index is -1.30. The molecule has 1 fully saturated rings. The molecule has 1 aromatic carbocycles. The lowest BCUT2D eigenvalue weighted by atomic mass is 10.1. The summed E-state index contributed by atoms with van der Waals surface area (Å²) in [6.07, 6.45) is 0.941. The maximum atomic E-state index is 14.3. The number of aromatic nitrogens is 1. The van der Waals surface area contributed by atoms with Crippen molar-refractivity contribution in [3.63, 3.8) is 0 Å². The molecule has 0 atom stereocenters. The molecule has 0 saturated carbocycles. The van der Waals surface area contributed by atoms with Crippen LogP contribution in [0.5, 0.6) is 5.75 Å². The van der Waals surface area contributed by atoms with Crippen LogP contribution in [0.2, 0.25) is 0 Å². The summed E-state index contributed by atoms with van der Waals surface area (Å²) in [7, 11) is 1.26. The third-order valence-electron chi connectivity index (χ3n) is 4.84. The maximum Gasteiger partial charge on any atom is 0.410 e. The van der Waals surface area contributed by atoms with Crippen molar-refractivity contribution in [1.82, 2.24) is 9.88 Å². The number of anilines is 2. The molecule has 32 heavy (non-hydrogen) atoms. The summed E-state index contributed by atoms with van der Waals surface area (Å²) < 4.78 is 38.4. The third-order valence-corrected chi connectivity index (χ3v) is 5.84. The van der Waals surface area contributed by atoms with Crippen molar-refractivity contribution in [3.05, 3.63) is 34.2 Å². The predicted octanol–water partition coefficient (Wildman–Crippen LogP) is 4.05. The lowest BCUT2D eigenvalue weighted by Crippen LogP contribution is -2.44. The number of piperidine rings is 1. The third kappa shape index (κ3) is 5.26. The van der Waals surface area contributed by atoms with Gasteiger partial charge in [-0.15, -0.1) is 0 Å². The Morgan fingerprint density at radius 1 is 1.25 bits per heavy atom. The normalized spacial score (nSPS) is 14.9. The van der Waals surface area contributed by atoms with E-state index in [1.807, 2.05) is 20.8 Å². The molecule has 11 heteroatoms. The second-order valence-corrected chi connectivity index (χ2v) is 9.39. The first-order valence-corrected chi connectivity index (χ1v) is 10.9. The first-order chi connectivity index (χ1) is 15.0. The van der Waals surface area contributed by atoms with Gasteiger partial charge in [-0.05, 0) is 45.7 Å². The fourth-order valence-electron chi connectivity index (χ4n) is 3.29. The smallest absolute Gasteiger partial charge is 0.410 e. The number of ketones is 1. The van der Waals surface area contributed by atoms with Gasteiger partial charge >= 0.3 is 6.09 Å². The Morgan fingerprint density at radius 3 is 2.50 bits per heavy atom. The topological polar surface area (TPSA) is 107 Å². The fraction of sp³-hybridized carbons (Fsp3) is 0.476. The summed E-state index contributed by atoms with van der Waals surface area (Å²) in [5.74, 6) is -3.44. The van der Waals surface area contributed by atoms with Crippen molar-refractivity contribution in [3.8, 4) is 5.75 Å². The van der Waals surface area contributed by atoms with Crippen LogP contribution >= 0.6 is 11.3 Å². The second-order valence-electron chi connectivity index (χ2n) is 8.39. The lowest BCUT2D eigenvalue weighted by Gasteiger charge is -2.33. The van der Waals surface area contributed by atoms with Gasteiger partial charge in [0.1, 0.15) is 27.6 Å². The Balaban J connectivity index is 1.68. The minimum absolute atomic E-state index is 0.00244. The van der Waals surface area contributed by atoms with Gasteiger partial charge in [-0.25, -0.2) is 18.6 Å². The van der Waals surface area contributed by atoms with Crippen LogP contribution in [0.1, 0.15) is 48.8 Å². The predicted molar refractivity (Wildman–Crippen MR) is 117 cm³/mol. The highest BCUT2D eigenvalue weighted by atomic mass is 32.1. The molecule has 0 radical (unpaired) electrons. The number of thiazole rings is 1. The number of amides is 1. The van der Waals surface area contributed by atoms with Gasteiger partial charge < -0.3 is 25.4 Å². The molecule has 1 aliphatic rings. The largest absolute Gasteiger partial charge is 0.496 e. The second kappa shape index (κ2) is 9.27. The molecule has 2 heterocycles. The Bertz CT molecular complexity index is 1010.